The number of hydrogen-bond donors (Lipinski definition) is 0. The minimum absolute atomic E-state index is 0. The van der Waals surface area contributed by atoms with Crippen LogP contribution >= 0.6 is 0 Å². The zero-order chi connectivity index (χ0) is 13.9. The van der Waals surface area contributed by atoms with E-state index in [2.05, 4.69) is 48.5 Å². The van der Waals surface area contributed by atoms with Gasteiger partial charge in [-0.3, -0.25) is 0 Å². The summed E-state index contributed by atoms with van der Waals surface area (Å²) in [6.45, 7) is 0. The van der Waals surface area contributed by atoms with Gasteiger partial charge >= 0.3 is 0 Å². The first-order valence-electron chi connectivity index (χ1n) is 6.74. The third-order valence-corrected chi connectivity index (χ3v) is 2.77. The predicted molar refractivity (Wildman–Crippen MR) is 87.1 cm³/mol. The minimum Gasteiger partial charge on any atom is -0.565 e. The Kier molecular flexibility index (Phi) is 12.4. The Morgan fingerprint density at radius 3 is 1.27 bits per heavy atom. The van der Waals surface area contributed by atoms with E-state index < -0.39 is 0 Å². The fraction of sp³-hybridized carbons (Fsp3) is 0. The topological polar surface area (TPSA) is 0 Å². The average molecular weight is 360 g/mol. The maximum atomic E-state index is 2.12. The van der Waals surface area contributed by atoms with E-state index in [1.165, 1.54) is 11.1 Å². The molecule has 0 amide bonds. The van der Waals surface area contributed by atoms with Crippen LogP contribution in [0.3, 0.4) is 0 Å². The van der Waals surface area contributed by atoms with E-state index in [4.69, 9.17) is 0 Å². The molecule has 4 rings (SSSR count). The van der Waals surface area contributed by atoms with Crippen molar-refractivity contribution in [3.05, 3.63) is 109 Å². The molecular formula is C20H18V2-8. The van der Waals surface area contributed by atoms with E-state index in [1.807, 2.05) is 60.7 Å². The summed E-state index contributed by atoms with van der Waals surface area (Å²) in [6, 6.07) is 36.7. The van der Waals surface area contributed by atoms with Gasteiger partial charge in [0, 0.05) is 37.1 Å². The molecule has 0 unspecified atom stereocenters. The summed E-state index contributed by atoms with van der Waals surface area (Å²) in [7, 11) is 0. The molecule has 0 aliphatic carbocycles. The van der Waals surface area contributed by atoms with E-state index in [1.54, 1.807) is 0 Å². The molecule has 4 aromatic carbocycles. The van der Waals surface area contributed by atoms with Crippen molar-refractivity contribution >= 4 is 0 Å². The molecule has 0 saturated carbocycles. The largest absolute Gasteiger partial charge is 0.565 e. The third kappa shape index (κ3) is 8.12. The molecule has 0 aliphatic rings. The molecule has 0 fully saturated rings. The summed E-state index contributed by atoms with van der Waals surface area (Å²) in [6.07, 6.45) is 0. The van der Waals surface area contributed by atoms with Gasteiger partial charge in [-0.05, 0) is 0 Å². The van der Waals surface area contributed by atoms with Gasteiger partial charge in [0.05, 0.1) is 0 Å². The van der Waals surface area contributed by atoms with Gasteiger partial charge in [0.2, 0.25) is 0 Å². The molecule has 4 aromatic rings. The van der Waals surface area contributed by atoms with E-state index in [0.29, 0.717) is 0 Å². The Bertz CT molecular complexity index is 505. The van der Waals surface area contributed by atoms with Gasteiger partial charge < -0.3 is 59.7 Å². The summed E-state index contributed by atoms with van der Waals surface area (Å²) < 4.78 is 0. The number of hydrogen-bond acceptors (Lipinski definition) is 0. The minimum atomic E-state index is 0. The Hall–Kier alpha value is -1.43. The van der Waals surface area contributed by atoms with Crippen LogP contribution in [0.25, 0.3) is 11.1 Å². The van der Waals surface area contributed by atoms with Crippen molar-refractivity contribution in [1.29, 1.82) is 0 Å². The second kappa shape index (κ2) is 13.2. The molecule has 0 aliphatic heterocycles. The van der Waals surface area contributed by atoms with E-state index >= 15 is 0 Å². The third-order valence-electron chi connectivity index (χ3n) is 2.77. The van der Waals surface area contributed by atoms with Crippen molar-refractivity contribution in [3.8, 4) is 11.1 Å². The van der Waals surface area contributed by atoms with E-state index in [9.17, 15) is 0 Å². The Labute approximate surface area is 157 Å². The molecule has 2 radical (unpaired) electrons. The molecule has 0 nitrogen and oxygen atoms in total. The standard InChI is InChI=1S/C10H8.2C5H5.2V/c1-2-6-9(5-1)10-7-3-4-8-10;2*1-2-4-5-3-1;;/h1-8H;2*1-5H;;/q-6;2*-1;;. The molecule has 0 spiro atoms. The zero-order valence-electron chi connectivity index (χ0n) is 12.3. The Morgan fingerprint density at radius 1 is 0.545 bits per heavy atom. The first-order valence-corrected chi connectivity index (χ1v) is 6.74. The van der Waals surface area contributed by atoms with Gasteiger partial charge in [-0.25, -0.2) is 24.3 Å². The molecule has 0 bridgehead atoms. The molecule has 2 heteroatoms. The summed E-state index contributed by atoms with van der Waals surface area (Å²) >= 11 is 0. The maximum Gasteiger partial charge on any atom is 0 e. The normalized spacial score (nSPS) is 8.18. The Balaban J connectivity index is 0.000000316. The van der Waals surface area contributed by atoms with Crippen molar-refractivity contribution < 1.29 is 37.1 Å². The SMILES string of the molecule is [V].[V].c1cc[c-](-[c-]2[cH-][cH-][cH-][cH-]2)c1.c1cc[cH-]c1.c1cc[cH-]c1. The quantitative estimate of drug-likeness (QED) is 0.388. The van der Waals surface area contributed by atoms with Crippen LogP contribution in [0.15, 0.2) is 109 Å². The maximum absolute atomic E-state index is 2.12. The summed E-state index contributed by atoms with van der Waals surface area (Å²) in [5, 5.41) is 0. The van der Waals surface area contributed by atoms with E-state index in [0.717, 1.165) is 0 Å². The fourth-order valence-corrected chi connectivity index (χ4v) is 1.77. The van der Waals surface area contributed by atoms with Crippen LogP contribution in [-0.4, -0.2) is 0 Å². The number of rotatable bonds is 1. The molecule has 0 saturated heterocycles. The molecule has 0 heterocycles. The predicted octanol–water partition coefficient (Wildman–Crippen LogP) is 5.60. The summed E-state index contributed by atoms with van der Waals surface area (Å²) in [5.41, 5.74) is 2.62. The van der Waals surface area contributed by atoms with Crippen molar-refractivity contribution in [1.82, 2.24) is 0 Å². The van der Waals surface area contributed by atoms with Gasteiger partial charge in [0.15, 0.2) is 0 Å². The van der Waals surface area contributed by atoms with Crippen molar-refractivity contribution in [3.63, 3.8) is 0 Å². The van der Waals surface area contributed by atoms with Gasteiger partial charge in [-0.1, -0.05) is 0 Å². The molecule has 0 atom stereocenters. The van der Waals surface area contributed by atoms with Gasteiger partial charge in [0.1, 0.15) is 0 Å². The first kappa shape index (κ1) is 20.6. The smallest absolute Gasteiger partial charge is 0 e. The average Bonchev–Trinajstić information content (AvgIpc) is 3.35. The second-order valence-corrected chi connectivity index (χ2v) is 4.27. The monoisotopic (exact) mass is 360 g/mol. The molecule has 116 valence electrons. The van der Waals surface area contributed by atoms with E-state index in [-0.39, 0.29) is 37.1 Å². The van der Waals surface area contributed by atoms with Gasteiger partial charge in [0.25, 0.3) is 0 Å². The van der Waals surface area contributed by atoms with Crippen LogP contribution in [0.4, 0.5) is 0 Å². The van der Waals surface area contributed by atoms with Crippen LogP contribution in [0.2, 0.25) is 0 Å². The van der Waals surface area contributed by atoms with Crippen LogP contribution < -0.4 is 0 Å². The summed E-state index contributed by atoms with van der Waals surface area (Å²) in [5.74, 6) is 0. The van der Waals surface area contributed by atoms with Crippen molar-refractivity contribution in [2.24, 2.45) is 0 Å². The van der Waals surface area contributed by atoms with Crippen LogP contribution in [-0.2, 0) is 37.1 Å². The molecule has 0 aromatic heterocycles. The zero-order valence-corrected chi connectivity index (χ0v) is 15.1. The fourth-order valence-electron chi connectivity index (χ4n) is 1.77. The van der Waals surface area contributed by atoms with Crippen LogP contribution in [0.5, 0.6) is 0 Å². The molecule has 0 N–H and O–H groups in total. The first-order chi connectivity index (χ1) is 9.97. The van der Waals surface area contributed by atoms with Crippen molar-refractivity contribution in [2.75, 3.05) is 0 Å². The van der Waals surface area contributed by atoms with Gasteiger partial charge in [-0.15, -0.1) is 0 Å². The molecular weight excluding hydrogens is 342 g/mol. The van der Waals surface area contributed by atoms with Gasteiger partial charge in [-0.2, -0.15) is 36.4 Å². The van der Waals surface area contributed by atoms with Crippen LogP contribution in [0.1, 0.15) is 0 Å². The second-order valence-electron chi connectivity index (χ2n) is 4.27. The Morgan fingerprint density at radius 2 is 0.955 bits per heavy atom. The summed E-state index contributed by atoms with van der Waals surface area (Å²) in [4.78, 5) is 0. The van der Waals surface area contributed by atoms with Crippen molar-refractivity contribution in [2.45, 2.75) is 0 Å². The van der Waals surface area contributed by atoms with Crippen LogP contribution in [0, 0.1) is 0 Å². The molecule has 22 heavy (non-hydrogen) atoms.